The van der Waals surface area contributed by atoms with Gasteiger partial charge in [0, 0.05) is 17.3 Å². The van der Waals surface area contributed by atoms with Gasteiger partial charge in [-0.25, -0.2) is 4.98 Å². The van der Waals surface area contributed by atoms with Gasteiger partial charge in [-0.2, -0.15) is 0 Å². The summed E-state index contributed by atoms with van der Waals surface area (Å²) >= 11 is 1.39. The van der Waals surface area contributed by atoms with Gasteiger partial charge in [0.2, 0.25) is 5.91 Å². The van der Waals surface area contributed by atoms with E-state index in [2.05, 4.69) is 10.3 Å². The van der Waals surface area contributed by atoms with E-state index in [0.717, 1.165) is 21.8 Å². The second kappa shape index (κ2) is 6.84. The summed E-state index contributed by atoms with van der Waals surface area (Å²) in [4.78, 5) is 29.8. The Kier molecular flexibility index (Phi) is 4.38. The molecule has 0 spiro atoms. The van der Waals surface area contributed by atoms with E-state index >= 15 is 0 Å². The summed E-state index contributed by atoms with van der Waals surface area (Å²) < 4.78 is 7.23. The predicted octanol–water partition coefficient (Wildman–Crippen LogP) is 3.19. The Morgan fingerprint density at radius 3 is 3.00 bits per heavy atom. The molecule has 132 valence electrons. The Morgan fingerprint density at radius 1 is 1.31 bits per heavy atom. The standard InChI is InChI=1S/C19H17N3O3S/c1-12-5-4-8-22-10-13(20-18(12)22)11-25-17(23)9-16-19(24)21-14-6-2-3-7-15(14)26-16/h2-8,10,16H,9,11H2,1H3,(H,21,24)/t16-/m1/s1. The largest absolute Gasteiger partial charge is 0.459 e. The molecule has 4 rings (SSSR count). The molecule has 1 aliphatic rings. The first-order valence-corrected chi connectivity index (χ1v) is 9.13. The number of amides is 1. The highest BCUT2D eigenvalue weighted by Gasteiger charge is 2.29. The van der Waals surface area contributed by atoms with Crippen molar-refractivity contribution in [1.29, 1.82) is 0 Å². The Morgan fingerprint density at radius 2 is 2.15 bits per heavy atom. The zero-order valence-corrected chi connectivity index (χ0v) is 15.0. The molecule has 3 aromatic rings. The van der Waals surface area contributed by atoms with Crippen LogP contribution in [0.3, 0.4) is 0 Å². The highest BCUT2D eigenvalue weighted by atomic mass is 32.2. The summed E-state index contributed by atoms with van der Waals surface area (Å²) in [5.41, 5.74) is 3.36. The number of hydrogen-bond acceptors (Lipinski definition) is 5. The second-order valence-electron chi connectivity index (χ2n) is 6.11. The van der Waals surface area contributed by atoms with E-state index in [9.17, 15) is 9.59 Å². The zero-order valence-electron chi connectivity index (χ0n) is 14.1. The van der Waals surface area contributed by atoms with Crippen molar-refractivity contribution < 1.29 is 14.3 Å². The van der Waals surface area contributed by atoms with Gasteiger partial charge in [0.05, 0.1) is 23.1 Å². The molecule has 1 N–H and O–H groups in total. The second-order valence-corrected chi connectivity index (χ2v) is 7.36. The molecule has 7 heteroatoms. The molecule has 0 radical (unpaired) electrons. The van der Waals surface area contributed by atoms with Crippen molar-refractivity contribution in [1.82, 2.24) is 9.38 Å². The van der Waals surface area contributed by atoms with Crippen LogP contribution in [0, 0.1) is 6.92 Å². The van der Waals surface area contributed by atoms with Crippen LogP contribution >= 0.6 is 11.8 Å². The number of anilines is 1. The van der Waals surface area contributed by atoms with E-state index < -0.39 is 11.2 Å². The maximum absolute atomic E-state index is 12.2. The van der Waals surface area contributed by atoms with Crippen LogP contribution in [0.1, 0.15) is 17.7 Å². The zero-order chi connectivity index (χ0) is 18.1. The van der Waals surface area contributed by atoms with Crippen molar-refractivity contribution in [2.24, 2.45) is 0 Å². The molecule has 6 nitrogen and oxygen atoms in total. The number of rotatable bonds is 4. The molecule has 0 unspecified atom stereocenters. The number of nitrogens with one attached hydrogen (secondary N) is 1. The number of benzene rings is 1. The SMILES string of the molecule is Cc1cccn2cc(COC(=O)C[C@H]3Sc4ccccc4NC3=O)nc12. The van der Waals surface area contributed by atoms with Gasteiger partial charge in [0.15, 0.2) is 0 Å². The molecule has 0 fully saturated rings. The van der Waals surface area contributed by atoms with Crippen LogP contribution in [-0.4, -0.2) is 26.5 Å². The number of fused-ring (bicyclic) bond motifs is 2. The van der Waals surface area contributed by atoms with Crippen molar-refractivity contribution in [3.63, 3.8) is 0 Å². The third kappa shape index (κ3) is 3.30. The van der Waals surface area contributed by atoms with Crippen molar-refractivity contribution in [3.05, 3.63) is 60.0 Å². The average Bonchev–Trinajstić information content (AvgIpc) is 3.05. The molecule has 0 saturated carbocycles. The predicted molar refractivity (Wildman–Crippen MR) is 99.1 cm³/mol. The van der Waals surface area contributed by atoms with E-state index in [1.807, 2.05) is 60.1 Å². The van der Waals surface area contributed by atoms with Crippen LogP contribution in [-0.2, 0) is 20.9 Å². The molecule has 1 aromatic carbocycles. The minimum Gasteiger partial charge on any atom is -0.459 e. The monoisotopic (exact) mass is 367 g/mol. The lowest BCUT2D eigenvalue weighted by molar-refractivity contribution is -0.145. The number of ether oxygens (including phenoxy) is 1. The molecule has 1 aliphatic heterocycles. The number of aryl methyl sites for hydroxylation is 1. The Bertz CT molecular complexity index is 999. The van der Waals surface area contributed by atoms with Crippen LogP contribution in [0.4, 0.5) is 5.69 Å². The summed E-state index contributed by atoms with van der Waals surface area (Å²) in [6.07, 6.45) is 3.77. The first-order valence-electron chi connectivity index (χ1n) is 8.25. The number of aromatic nitrogens is 2. The minimum atomic E-state index is -0.485. The van der Waals surface area contributed by atoms with E-state index in [1.54, 1.807) is 0 Å². The number of imidazole rings is 1. The number of carbonyl (C=O) groups excluding carboxylic acids is 2. The third-order valence-corrected chi connectivity index (χ3v) is 5.44. The fourth-order valence-electron chi connectivity index (χ4n) is 2.87. The number of hydrogen-bond donors (Lipinski definition) is 1. The summed E-state index contributed by atoms with van der Waals surface area (Å²) in [6.45, 7) is 2.07. The Hall–Kier alpha value is -2.80. The first kappa shape index (κ1) is 16.7. The summed E-state index contributed by atoms with van der Waals surface area (Å²) in [5, 5.41) is 2.34. The van der Waals surface area contributed by atoms with E-state index in [4.69, 9.17) is 4.74 Å². The van der Waals surface area contributed by atoms with Gasteiger partial charge in [0.1, 0.15) is 12.3 Å². The van der Waals surface area contributed by atoms with E-state index in [0.29, 0.717) is 5.69 Å². The van der Waals surface area contributed by atoms with E-state index in [-0.39, 0.29) is 18.9 Å². The Balaban J connectivity index is 1.38. The molecule has 1 atom stereocenters. The minimum absolute atomic E-state index is 0.0250. The summed E-state index contributed by atoms with van der Waals surface area (Å²) in [6, 6.07) is 11.5. The number of esters is 1. The molecule has 26 heavy (non-hydrogen) atoms. The quantitative estimate of drug-likeness (QED) is 0.717. The lowest BCUT2D eigenvalue weighted by Crippen LogP contribution is -2.31. The first-order chi connectivity index (χ1) is 12.6. The van der Waals surface area contributed by atoms with Crippen LogP contribution in [0.2, 0.25) is 0 Å². The number of thioether (sulfide) groups is 1. The van der Waals surface area contributed by atoms with Crippen molar-refractivity contribution in [3.8, 4) is 0 Å². The fraction of sp³-hybridized carbons (Fsp3) is 0.211. The molecular formula is C19H17N3O3S. The van der Waals surface area contributed by atoms with Crippen LogP contribution < -0.4 is 5.32 Å². The smallest absolute Gasteiger partial charge is 0.307 e. The number of pyridine rings is 1. The third-order valence-electron chi connectivity index (χ3n) is 4.17. The lowest BCUT2D eigenvalue weighted by atomic mass is 10.2. The average molecular weight is 367 g/mol. The number of carbonyl (C=O) groups is 2. The van der Waals surface area contributed by atoms with Crippen LogP contribution in [0.5, 0.6) is 0 Å². The maximum atomic E-state index is 12.2. The van der Waals surface area contributed by atoms with E-state index in [1.165, 1.54) is 11.8 Å². The number of para-hydroxylation sites is 1. The molecule has 0 saturated heterocycles. The summed E-state index contributed by atoms with van der Waals surface area (Å²) in [7, 11) is 0. The lowest BCUT2D eigenvalue weighted by Gasteiger charge is -2.23. The molecular weight excluding hydrogens is 350 g/mol. The van der Waals surface area contributed by atoms with Gasteiger partial charge in [-0.1, -0.05) is 18.2 Å². The molecule has 2 aromatic heterocycles. The van der Waals surface area contributed by atoms with Gasteiger partial charge in [-0.15, -0.1) is 11.8 Å². The molecule has 0 bridgehead atoms. The van der Waals surface area contributed by atoms with Gasteiger partial charge < -0.3 is 14.5 Å². The van der Waals surface area contributed by atoms with Crippen molar-refractivity contribution >= 4 is 35.0 Å². The topological polar surface area (TPSA) is 72.7 Å². The van der Waals surface area contributed by atoms with Crippen LogP contribution in [0.25, 0.3) is 5.65 Å². The molecule has 1 amide bonds. The van der Waals surface area contributed by atoms with Crippen LogP contribution in [0.15, 0.2) is 53.7 Å². The highest BCUT2D eigenvalue weighted by Crippen LogP contribution is 2.36. The van der Waals surface area contributed by atoms with Crippen molar-refractivity contribution in [2.75, 3.05) is 5.32 Å². The normalized spacial score (nSPS) is 16.2. The molecule has 3 heterocycles. The number of nitrogens with zero attached hydrogens (tertiary/aromatic N) is 2. The Labute approximate surface area is 154 Å². The summed E-state index contributed by atoms with van der Waals surface area (Å²) in [5.74, 6) is -0.584. The maximum Gasteiger partial charge on any atom is 0.307 e. The molecule has 0 aliphatic carbocycles. The van der Waals surface area contributed by atoms with Gasteiger partial charge >= 0.3 is 5.97 Å². The van der Waals surface area contributed by atoms with Gasteiger partial charge in [-0.3, -0.25) is 9.59 Å². The van der Waals surface area contributed by atoms with Gasteiger partial charge in [0.25, 0.3) is 0 Å². The fourth-order valence-corrected chi connectivity index (χ4v) is 3.96. The van der Waals surface area contributed by atoms with Crippen molar-refractivity contribution in [2.45, 2.75) is 30.1 Å². The van der Waals surface area contributed by atoms with Gasteiger partial charge in [-0.05, 0) is 30.7 Å². The highest BCUT2D eigenvalue weighted by molar-refractivity contribution is 8.01.